The SMILES string of the molecule is NC(c1ccc(Br)cc1Cl)c1csc2ccccc12. The van der Waals surface area contributed by atoms with Gasteiger partial charge in [0.05, 0.1) is 6.04 Å². The lowest BCUT2D eigenvalue weighted by Crippen LogP contribution is -2.11. The molecule has 0 aliphatic heterocycles. The van der Waals surface area contributed by atoms with Crippen LogP contribution in [0.4, 0.5) is 0 Å². The number of rotatable bonds is 2. The van der Waals surface area contributed by atoms with E-state index in [1.165, 1.54) is 10.1 Å². The highest BCUT2D eigenvalue weighted by atomic mass is 79.9. The molecular weight excluding hydrogens is 342 g/mol. The molecule has 3 aromatic rings. The Morgan fingerprint density at radius 3 is 2.68 bits per heavy atom. The summed E-state index contributed by atoms with van der Waals surface area (Å²) in [7, 11) is 0. The molecule has 2 N–H and O–H groups in total. The molecule has 19 heavy (non-hydrogen) atoms. The van der Waals surface area contributed by atoms with Gasteiger partial charge in [0.2, 0.25) is 0 Å². The lowest BCUT2D eigenvalue weighted by Gasteiger charge is -2.13. The molecule has 1 atom stereocenters. The molecule has 1 unspecified atom stereocenters. The Balaban J connectivity index is 2.10. The molecule has 4 heteroatoms. The van der Waals surface area contributed by atoms with Crippen LogP contribution in [0.1, 0.15) is 17.2 Å². The van der Waals surface area contributed by atoms with Gasteiger partial charge in [-0.05, 0) is 40.1 Å². The van der Waals surface area contributed by atoms with Crippen molar-refractivity contribution in [3.63, 3.8) is 0 Å². The van der Waals surface area contributed by atoms with Gasteiger partial charge in [0.25, 0.3) is 0 Å². The van der Waals surface area contributed by atoms with Gasteiger partial charge in [-0.1, -0.05) is 51.8 Å². The fourth-order valence-electron chi connectivity index (χ4n) is 2.16. The minimum absolute atomic E-state index is 0.197. The predicted octanol–water partition coefficient (Wildman–Crippen LogP) is 5.37. The Kier molecular flexibility index (Phi) is 3.63. The number of hydrogen-bond donors (Lipinski definition) is 1. The summed E-state index contributed by atoms with van der Waals surface area (Å²) in [6.07, 6.45) is 0. The average molecular weight is 353 g/mol. The van der Waals surface area contributed by atoms with Crippen LogP contribution in [0.5, 0.6) is 0 Å². The Hall–Kier alpha value is -0.870. The summed E-state index contributed by atoms with van der Waals surface area (Å²) in [5.74, 6) is 0. The van der Waals surface area contributed by atoms with E-state index in [9.17, 15) is 0 Å². The van der Waals surface area contributed by atoms with Crippen LogP contribution in [0.2, 0.25) is 5.02 Å². The van der Waals surface area contributed by atoms with Crippen molar-refractivity contribution >= 4 is 49.0 Å². The first kappa shape index (κ1) is 13.1. The zero-order valence-corrected chi connectivity index (χ0v) is 13.1. The number of nitrogens with two attached hydrogens (primary N) is 1. The Morgan fingerprint density at radius 2 is 1.89 bits per heavy atom. The molecule has 2 aromatic carbocycles. The smallest absolute Gasteiger partial charge is 0.0580 e. The summed E-state index contributed by atoms with van der Waals surface area (Å²) in [5, 5.41) is 4.02. The van der Waals surface area contributed by atoms with Crippen LogP contribution in [-0.2, 0) is 0 Å². The second-order valence-corrected chi connectivity index (χ2v) is 6.56. The quantitative estimate of drug-likeness (QED) is 0.659. The van der Waals surface area contributed by atoms with Crippen LogP contribution in [0.25, 0.3) is 10.1 Å². The Labute approximate surface area is 129 Å². The fraction of sp³-hybridized carbons (Fsp3) is 0.0667. The van der Waals surface area contributed by atoms with Gasteiger partial charge in [-0.25, -0.2) is 0 Å². The molecule has 0 radical (unpaired) electrons. The lowest BCUT2D eigenvalue weighted by molar-refractivity contribution is 0.884. The Morgan fingerprint density at radius 1 is 1.11 bits per heavy atom. The van der Waals surface area contributed by atoms with Gasteiger partial charge in [0, 0.05) is 14.2 Å². The first-order valence-electron chi connectivity index (χ1n) is 5.83. The second kappa shape index (κ2) is 5.25. The highest BCUT2D eigenvalue weighted by Gasteiger charge is 2.16. The van der Waals surface area contributed by atoms with Crippen molar-refractivity contribution in [2.45, 2.75) is 6.04 Å². The topological polar surface area (TPSA) is 26.0 Å². The maximum atomic E-state index is 6.38. The van der Waals surface area contributed by atoms with E-state index in [0.717, 1.165) is 15.6 Å². The molecule has 0 aliphatic carbocycles. The van der Waals surface area contributed by atoms with Gasteiger partial charge in [-0.2, -0.15) is 0 Å². The second-order valence-electron chi connectivity index (χ2n) is 4.33. The molecule has 0 saturated carbocycles. The van der Waals surface area contributed by atoms with Gasteiger partial charge < -0.3 is 5.73 Å². The van der Waals surface area contributed by atoms with Crippen LogP contribution in [0.3, 0.4) is 0 Å². The molecule has 0 fully saturated rings. The molecule has 0 spiro atoms. The molecule has 1 aromatic heterocycles. The van der Waals surface area contributed by atoms with Crippen molar-refractivity contribution in [2.75, 3.05) is 0 Å². The fourth-order valence-corrected chi connectivity index (χ4v) is 3.95. The van der Waals surface area contributed by atoms with Crippen LogP contribution in [0.15, 0.2) is 52.3 Å². The highest BCUT2D eigenvalue weighted by molar-refractivity contribution is 9.10. The molecule has 1 heterocycles. The zero-order valence-electron chi connectivity index (χ0n) is 9.94. The van der Waals surface area contributed by atoms with E-state index in [1.807, 2.05) is 30.3 Å². The van der Waals surface area contributed by atoms with Gasteiger partial charge >= 0.3 is 0 Å². The van der Waals surface area contributed by atoms with Crippen molar-refractivity contribution in [3.8, 4) is 0 Å². The van der Waals surface area contributed by atoms with Crippen molar-refractivity contribution in [1.29, 1.82) is 0 Å². The summed E-state index contributed by atoms with van der Waals surface area (Å²) >= 11 is 11.4. The standard InChI is InChI=1S/C15H11BrClNS/c16-9-5-6-11(13(17)7-9)15(18)12-8-19-14-4-2-1-3-10(12)14/h1-8,15H,18H2. The summed E-state index contributed by atoms with van der Waals surface area (Å²) in [4.78, 5) is 0. The third-order valence-electron chi connectivity index (χ3n) is 3.14. The van der Waals surface area contributed by atoms with E-state index in [4.69, 9.17) is 17.3 Å². The largest absolute Gasteiger partial charge is 0.320 e. The monoisotopic (exact) mass is 351 g/mol. The van der Waals surface area contributed by atoms with E-state index >= 15 is 0 Å². The molecule has 0 amide bonds. The molecular formula is C15H11BrClNS. The van der Waals surface area contributed by atoms with Crippen molar-refractivity contribution in [2.24, 2.45) is 5.73 Å². The van der Waals surface area contributed by atoms with E-state index in [0.29, 0.717) is 5.02 Å². The van der Waals surface area contributed by atoms with Gasteiger partial charge in [0.1, 0.15) is 0 Å². The molecule has 0 aliphatic rings. The summed E-state index contributed by atoms with van der Waals surface area (Å²) in [5.41, 5.74) is 8.47. The highest BCUT2D eigenvalue weighted by Crippen LogP contribution is 2.35. The van der Waals surface area contributed by atoms with E-state index < -0.39 is 0 Å². The van der Waals surface area contributed by atoms with Gasteiger partial charge in [-0.3, -0.25) is 0 Å². The summed E-state index contributed by atoms with van der Waals surface area (Å²) in [6.45, 7) is 0. The van der Waals surface area contributed by atoms with E-state index in [1.54, 1.807) is 11.3 Å². The normalized spacial score (nSPS) is 12.8. The zero-order chi connectivity index (χ0) is 13.4. The minimum atomic E-state index is -0.197. The number of fused-ring (bicyclic) bond motifs is 1. The first-order chi connectivity index (χ1) is 9.16. The van der Waals surface area contributed by atoms with E-state index in [-0.39, 0.29) is 6.04 Å². The van der Waals surface area contributed by atoms with Crippen LogP contribution in [0, 0.1) is 0 Å². The molecule has 0 bridgehead atoms. The first-order valence-corrected chi connectivity index (χ1v) is 7.88. The maximum absolute atomic E-state index is 6.38. The number of hydrogen-bond acceptors (Lipinski definition) is 2. The minimum Gasteiger partial charge on any atom is -0.320 e. The van der Waals surface area contributed by atoms with E-state index in [2.05, 4.69) is 33.4 Å². The third kappa shape index (κ3) is 2.43. The van der Waals surface area contributed by atoms with Crippen LogP contribution in [-0.4, -0.2) is 0 Å². The molecule has 3 rings (SSSR count). The van der Waals surface area contributed by atoms with Crippen molar-refractivity contribution in [3.05, 3.63) is 68.5 Å². The lowest BCUT2D eigenvalue weighted by atomic mass is 9.99. The maximum Gasteiger partial charge on any atom is 0.0580 e. The number of halogens is 2. The van der Waals surface area contributed by atoms with Gasteiger partial charge in [0.15, 0.2) is 0 Å². The van der Waals surface area contributed by atoms with Crippen LogP contribution >= 0.6 is 38.9 Å². The molecule has 96 valence electrons. The van der Waals surface area contributed by atoms with Crippen LogP contribution < -0.4 is 5.73 Å². The molecule has 0 saturated heterocycles. The molecule has 1 nitrogen and oxygen atoms in total. The van der Waals surface area contributed by atoms with Crippen molar-refractivity contribution < 1.29 is 0 Å². The third-order valence-corrected chi connectivity index (χ3v) is 4.95. The Bertz CT molecular complexity index is 738. The number of benzene rings is 2. The number of thiophene rings is 1. The van der Waals surface area contributed by atoms with Gasteiger partial charge in [-0.15, -0.1) is 11.3 Å². The van der Waals surface area contributed by atoms with Crippen molar-refractivity contribution in [1.82, 2.24) is 0 Å². The summed E-state index contributed by atoms with van der Waals surface area (Å²) < 4.78 is 2.21. The predicted molar refractivity (Wildman–Crippen MR) is 87.0 cm³/mol. The summed E-state index contributed by atoms with van der Waals surface area (Å²) in [6, 6.07) is 13.9. The average Bonchev–Trinajstić information content (AvgIpc) is 2.82.